The summed E-state index contributed by atoms with van der Waals surface area (Å²) in [5.41, 5.74) is 0.394. The molecule has 0 spiro atoms. The Hall–Kier alpha value is -0.0800. The minimum Gasteiger partial charge on any atom is -0.374 e. The Morgan fingerprint density at radius 1 is 1.33 bits per heavy atom. The zero-order chi connectivity index (χ0) is 16.9. The van der Waals surface area contributed by atoms with E-state index in [1.807, 2.05) is 0 Å². The highest BCUT2D eigenvalue weighted by Gasteiger charge is 2.31. The fourth-order valence-electron chi connectivity index (χ4n) is 3.48. The summed E-state index contributed by atoms with van der Waals surface area (Å²) in [7, 11) is 0. The van der Waals surface area contributed by atoms with Gasteiger partial charge in [-0.1, -0.05) is 27.7 Å². The average molecular weight is 452 g/mol. The van der Waals surface area contributed by atoms with Crippen LogP contribution in [0.1, 0.15) is 41.0 Å². The lowest BCUT2D eigenvalue weighted by molar-refractivity contribution is -0.0262. The molecule has 0 bridgehead atoms. The Balaban J connectivity index is 0.00000288. The van der Waals surface area contributed by atoms with Crippen molar-refractivity contribution in [2.24, 2.45) is 16.3 Å². The summed E-state index contributed by atoms with van der Waals surface area (Å²) in [6.45, 7) is 19.3. The topological polar surface area (TPSA) is 40.1 Å². The van der Waals surface area contributed by atoms with Gasteiger partial charge in [-0.3, -0.25) is 9.89 Å². The normalized spacial score (nSPS) is 25.0. The van der Waals surface area contributed by atoms with Gasteiger partial charge in [0, 0.05) is 39.3 Å². The van der Waals surface area contributed by atoms with Crippen LogP contribution in [0, 0.1) is 11.3 Å². The molecule has 24 heavy (non-hydrogen) atoms. The molecular weight excluding hydrogens is 415 g/mol. The van der Waals surface area contributed by atoms with Crippen molar-refractivity contribution in [2.75, 3.05) is 52.4 Å². The molecule has 5 nitrogen and oxygen atoms in total. The van der Waals surface area contributed by atoms with Crippen LogP contribution in [0.15, 0.2) is 4.99 Å². The van der Waals surface area contributed by atoms with Gasteiger partial charge in [-0.2, -0.15) is 0 Å². The molecule has 2 aliphatic rings. The van der Waals surface area contributed by atoms with E-state index >= 15 is 0 Å². The largest absolute Gasteiger partial charge is 0.374 e. The Labute approximate surface area is 165 Å². The van der Waals surface area contributed by atoms with Crippen LogP contribution >= 0.6 is 24.0 Å². The van der Waals surface area contributed by atoms with Crippen molar-refractivity contribution in [3.8, 4) is 0 Å². The molecule has 2 fully saturated rings. The van der Waals surface area contributed by atoms with Gasteiger partial charge in [-0.15, -0.1) is 24.0 Å². The minimum absolute atomic E-state index is 0. The molecule has 6 heteroatoms. The summed E-state index contributed by atoms with van der Waals surface area (Å²) in [6, 6.07) is 0. The Morgan fingerprint density at radius 3 is 2.67 bits per heavy atom. The van der Waals surface area contributed by atoms with E-state index in [4.69, 9.17) is 9.73 Å². The molecule has 1 unspecified atom stereocenters. The van der Waals surface area contributed by atoms with Gasteiger partial charge in [0.2, 0.25) is 0 Å². The number of morpholine rings is 1. The van der Waals surface area contributed by atoms with Gasteiger partial charge in [-0.05, 0) is 24.7 Å². The predicted octanol–water partition coefficient (Wildman–Crippen LogP) is 2.66. The minimum atomic E-state index is 0. The van der Waals surface area contributed by atoms with Gasteiger partial charge in [-0.25, -0.2) is 0 Å². The summed E-state index contributed by atoms with van der Waals surface area (Å²) >= 11 is 0. The van der Waals surface area contributed by atoms with Crippen LogP contribution in [0.3, 0.4) is 0 Å². The van der Waals surface area contributed by atoms with Crippen LogP contribution in [0.25, 0.3) is 0 Å². The van der Waals surface area contributed by atoms with Gasteiger partial charge in [0.25, 0.3) is 0 Å². The third-order valence-electron chi connectivity index (χ3n) is 4.60. The van der Waals surface area contributed by atoms with Crippen molar-refractivity contribution < 1.29 is 4.74 Å². The molecule has 0 aromatic carbocycles. The Morgan fingerprint density at radius 2 is 2.08 bits per heavy atom. The monoisotopic (exact) mass is 452 g/mol. The van der Waals surface area contributed by atoms with E-state index in [9.17, 15) is 0 Å². The lowest BCUT2D eigenvalue weighted by Crippen LogP contribution is -2.46. The van der Waals surface area contributed by atoms with Crippen LogP contribution in [0.5, 0.6) is 0 Å². The van der Waals surface area contributed by atoms with Crippen LogP contribution < -0.4 is 5.32 Å². The second-order valence-electron chi connectivity index (χ2n) is 8.18. The van der Waals surface area contributed by atoms with E-state index < -0.39 is 0 Å². The number of hydrogen-bond acceptors (Lipinski definition) is 3. The second-order valence-corrected chi connectivity index (χ2v) is 8.18. The van der Waals surface area contributed by atoms with Crippen LogP contribution in [0.4, 0.5) is 0 Å². The zero-order valence-electron chi connectivity index (χ0n) is 16.2. The fraction of sp³-hybridized carbons (Fsp3) is 0.944. The highest BCUT2D eigenvalue weighted by Crippen LogP contribution is 2.28. The van der Waals surface area contributed by atoms with Gasteiger partial charge in [0.05, 0.1) is 19.3 Å². The smallest absolute Gasteiger partial charge is 0.194 e. The maximum atomic E-state index is 5.93. The molecule has 0 aromatic heterocycles. The first-order valence-corrected chi connectivity index (χ1v) is 9.27. The standard InChI is InChI=1S/C18H36N4O.HI/c1-6-19-17(22-8-7-18(4,5)14-22)20-11-16-13-21(9-10-23-16)12-15(2)3;/h15-16H,6-14H2,1-5H3,(H,19,20);1H. The first-order valence-electron chi connectivity index (χ1n) is 9.27. The third kappa shape index (κ3) is 7.04. The number of aliphatic imine (C=N–C) groups is 1. The summed E-state index contributed by atoms with van der Waals surface area (Å²) in [6.07, 6.45) is 1.46. The van der Waals surface area contributed by atoms with Crippen LogP contribution in [-0.4, -0.2) is 74.3 Å². The number of hydrogen-bond donors (Lipinski definition) is 1. The number of ether oxygens (including phenoxy) is 1. The molecule has 1 atom stereocenters. The number of nitrogens with one attached hydrogen (secondary N) is 1. The third-order valence-corrected chi connectivity index (χ3v) is 4.60. The lowest BCUT2D eigenvalue weighted by Gasteiger charge is -2.33. The molecule has 0 aromatic rings. The van der Waals surface area contributed by atoms with Crippen molar-refractivity contribution in [1.29, 1.82) is 0 Å². The van der Waals surface area contributed by atoms with Crippen molar-refractivity contribution in [3.05, 3.63) is 0 Å². The second kappa shape index (κ2) is 10.2. The van der Waals surface area contributed by atoms with Crippen molar-refractivity contribution in [2.45, 2.75) is 47.1 Å². The van der Waals surface area contributed by atoms with Gasteiger partial charge >= 0.3 is 0 Å². The molecular formula is C18H37IN4O. The number of nitrogens with zero attached hydrogens (tertiary/aromatic N) is 3. The van der Waals surface area contributed by atoms with Gasteiger partial charge < -0.3 is 15.0 Å². The van der Waals surface area contributed by atoms with E-state index in [2.05, 4.69) is 49.7 Å². The molecule has 2 aliphatic heterocycles. The SMILES string of the molecule is CCNC(=NCC1CN(CC(C)C)CCO1)N1CCC(C)(C)C1.I. The Bertz CT molecular complexity index is 400. The first kappa shape index (κ1) is 22.0. The molecule has 1 N–H and O–H groups in total. The maximum absolute atomic E-state index is 5.93. The summed E-state index contributed by atoms with van der Waals surface area (Å²) in [4.78, 5) is 9.79. The molecule has 2 rings (SSSR count). The van der Waals surface area contributed by atoms with Gasteiger partial charge in [0.15, 0.2) is 5.96 Å². The van der Waals surface area contributed by atoms with E-state index in [-0.39, 0.29) is 30.1 Å². The number of likely N-dealkylation sites (tertiary alicyclic amines) is 1. The molecule has 0 aliphatic carbocycles. The fourth-order valence-corrected chi connectivity index (χ4v) is 3.48. The zero-order valence-corrected chi connectivity index (χ0v) is 18.5. The van der Waals surface area contributed by atoms with Crippen molar-refractivity contribution in [1.82, 2.24) is 15.1 Å². The summed E-state index contributed by atoms with van der Waals surface area (Å²) in [5, 5.41) is 3.45. The van der Waals surface area contributed by atoms with Crippen LogP contribution in [0.2, 0.25) is 0 Å². The molecule has 0 radical (unpaired) electrons. The summed E-state index contributed by atoms with van der Waals surface area (Å²) < 4.78 is 5.93. The predicted molar refractivity (Wildman–Crippen MR) is 112 cm³/mol. The first-order chi connectivity index (χ1) is 10.9. The number of rotatable bonds is 5. The van der Waals surface area contributed by atoms with Crippen LogP contribution in [-0.2, 0) is 4.74 Å². The Kier molecular flexibility index (Phi) is 9.30. The van der Waals surface area contributed by atoms with Crippen molar-refractivity contribution >= 4 is 29.9 Å². The van der Waals surface area contributed by atoms with E-state index in [0.29, 0.717) is 11.3 Å². The highest BCUT2D eigenvalue weighted by atomic mass is 127. The molecule has 142 valence electrons. The highest BCUT2D eigenvalue weighted by molar-refractivity contribution is 14.0. The molecule has 2 saturated heterocycles. The van der Waals surface area contributed by atoms with Gasteiger partial charge in [0.1, 0.15) is 0 Å². The molecule has 0 saturated carbocycles. The van der Waals surface area contributed by atoms with E-state index in [0.717, 1.165) is 58.4 Å². The van der Waals surface area contributed by atoms with Crippen molar-refractivity contribution in [3.63, 3.8) is 0 Å². The number of guanidine groups is 1. The molecule has 0 amide bonds. The van der Waals surface area contributed by atoms with E-state index in [1.165, 1.54) is 6.42 Å². The summed E-state index contributed by atoms with van der Waals surface area (Å²) in [5.74, 6) is 1.77. The quantitative estimate of drug-likeness (QED) is 0.396. The average Bonchev–Trinajstić information content (AvgIpc) is 2.83. The van der Waals surface area contributed by atoms with E-state index in [1.54, 1.807) is 0 Å². The number of halogens is 1. The maximum Gasteiger partial charge on any atom is 0.194 e. The lowest BCUT2D eigenvalue weighted by atomic mass is 9.93. The molecule has 2 heterocycles.